The lowest BCUT2D eigenvalue weighted by Crippen LogP contribution is -1.98. The van der Waals surface area contributed by atoms with Gasteiger partial charge in [-0.15, -0.1) is 0 Å². The molecular formula is C13H21BrO3. The molecule has 0 spiro atoms. The molecule has 1 fully saturated rings. The quantitative estimate of drug-likeness (QED) is 0.843. The van der Waals surface area contributed by atoms with Gasteiger partial charge < -0.3 is 14.6 Å². The fourth-order valence-corrected chi connectivity index (χ4v) is 1.68. The van der Waals surface area contributed by atoms with Crippen molar-refractivity contribution in [3.05, 3.63) is 28.2 Å². The lowest BCUT2D eigenvalue weighted by Gasteiger charge is -2.11. The summed E-state index contributed by atoms with van der Waals surface area (Å²) in [6.45, 7) is 9.21. The largest absolute Gasteiger partial charge is 0.508 e. The molecule has 0 bridgehead atoms. The fraction of sp³-hybridized carbons (Fsp3) is 0.538. The molecule has 0 amide bonds. The Labute approximate surface area is 112 Å². The van der Waals surface area contributed by atoms with Crippen molar-refractivity contribution in [3.8, 4) is 5.75 Å². The molecule has 1 aromatic carbocycles. The highest BCUT2D eigenvalue weighted by atomic mass is 79.9. The highest BCUT2D eigenvalue weighted by Crippen LogP contribution is 2.31. The summed E-state index contributed by atoms with van der Waals surface area (Å²) in [6.07, 6.45) is -0.346. The van der Waals surface area contributed by atoms with E-state index in [0.717, 1.165) is 10.0 Å². The van der Waals surface area contributed by atoms with Crippen LogP contribution in [0.15, 0.2) is 22.7 Å². The lowest BCUT2D eigenvalue weighted by atomic mass is 10.2. The van der Waals surface area contributed by atoms with Crippen LogP contribution in [-0.4, -0.2) is 18.3 Å². The molecule has 17 heavy (non-hydrogen) atoms. The maximum Gasteiger partial charge on any atom is 0.185 e. The Morgan fingerprint density at radius 3 is 2.18 bits per heavy atom. The van der Waals surface area contributed by atoms with Crippen molar-refractivity contribution in [2.24, 2.45) is 0 Å². The third-order valence-corrected chi connectivity index (χ3v) is 2.58. The lowest BCUT2D eigenvalue weighted by molar-refractivity contribution is -0.0447. The van der Waals surface area contributed by atoms with Crippen LogP contribution in [0.2, 0.25) is 0 Å². The predicted octanol–water partition coefficient (Wildman–Crippen LogP) is 4.25. The summed E-state index contributed by atoms with van der Waals surface area (Å²) in [5.74, 6) is 0.220. The molecule has 2 rings (SSSR count). The molecule has 0 unspecified atom stereocenters. The molecule has 1 aromatic rings. The first-order valence-electron chi connectivity index (χ1n) is 5.99. The van der Waals surface area contributed by atoms with Gasteiger partial charge in [-0.3, -0.25) is 0 Å². The number of phenolic OH excluding ortho intramolecular Hbond substituents is 1. The molecule has 0 aliphatic carbocycles. The summed E-state index contributed by atoms with van der Waals surface area (Å²) in [7, 11) is 0. The number of rotatable bonds is 1. The van der Waals surface area contributed by atoms with E-state index in [2.05, 4.69) is 15.9 Å². The summed E-state index contributed by atoms with van der Waals surface area (Å²) < 4.78 is 11.5. The van der Waals surface area contributed by atoms with Crippen LogP contribution in [0.1, 0.15) is 39.5 Å². The van der Waals surface area contributed by atoms with Crippen molar-refractivity contribution in [2.75, 3.05) is 13.2 Å². The number of hydrogen-bond donors (Lipinski definition) is 1. The highest BCUT2D eigenvalue weighted by molar-refractivity contribution is 9.10. The van der Waals surface area contributed by atoms with Crippen molar-refractivity contribution in [2.45, 2.75) is 34.0 Å². The van der Waals surface area contributed by atoms with E-state index in [1.807, 2.05) is 27.7 Å². The van der Waals surface area contributed by atoms with Gasteiger partial charge in [0.05, 0.1) is 13.2 Å². The van der Waals surface area contributed by atoms with Gasteiger partial charge in [-0.05, 0) is 18.2 Å². The van der Waals surface area contributed by atoms with Crippen LogP contribution in [0.3, 0.4) is 0 Å². The maximum absolute atomic E-state index is 9.27. The maximum atomic E-state index is 9.27. The Morgan fingerprint density at radius 2 is 1.65 bits per heavy atom. The zero-order valence-corrected chi connectivity index (χ0v) is 12.5. The number of hydrogen-bond acceptors (Lipinski definition) is 3. The Kier molecular flexibility index (Phi) is 9.13. The molecule has 0 atom stereocenters. The number of ether oxygens (including phenoxy) is 2. The number of aromatic hydroxyl groups is 1. The standard InChI is InChI=1S/C9H9BrO3.2C2H6/c10-8-2-1-6(11)5-7(8)9-12-3-4-13-9;2*1-2/h1-2,5,9,11H,3-4H2;2*1-2H3. The van der Waals surface area contributed by atoms with E-state index in [9.17, 15) is 5.11 Å². The van der Waals surface area contributed by atoms with Gasteiger partial charge >= 0.3 is 0 Å². The number of phenols is 1. The Morgan fingerprint density at radius 1 is 1.12 bits per heavy atom. The van der Waals surface area contributed by atoms with Crippen LogP contribution in [0.4, 0.5) is 0 Å². The van der Waals surface area contributed by atoms with Crippen LogP contribution in [0, 0.1) is 0 Å². The van der Waals surface area contributed by atoms with Gasteiger partial charge in [0.25, 0.3) is 0 Å². The van der Waals surface area contributed by atoms with E-state index in [4.69, 9.17) is 9.47 Å². The topological polar surface area (TPSA) is 38.7 Å². The van der Waals surface area contributed by atoms with Crippen LogP contribution in [0.5, 0.6) is 5.75 Å². The monoisotopic (exact) mass is 304 g/mol. The minimum atomic E-state index is -0.346. The predicted molar refractivity (Wildman–Crippen MR) is 73.1 cm³/mol. The van der Waals surface area contributed by atoms with Gasteiger partial charge in [0.2, 0.25) is 0 Å². The number of benzene rings is 1. The SMILES string of the molecule is CC.CC.Oc1ccc(Br)c(C2OCCO2)c1. The summed E-state index contributed by atoms with van der Waals surface area (Å²) in [5, 5.41) is 9.27. The first kappa shape index (κ1) is 16.4. The van der Waals surface area contributed by atoms with Crippen molar-refractivity contribution < 1.29 is 14.6 Å². The molecule has 0 saturated carbocycles. The summed E-state index contributed by atoms with van der Waals surface area (Å²) >= 11 is 3.37. The zero-order valence-electron chi connectivity index (χ0n) is 10.9. The molecule has 0 aromatic heterocycles. The molecule has 0 radical (unpaired) electrons. The van der Waals surface area contributed by atoms with Crippen LogP contribution < -0.4 is 0 Å². The highest BCUT2D eigenvalue weighted by Gasteiger charge is 2.20. The minimum Gasteiger partial charge on any atom is -0.508 e. The van der Waals surface area contributed by atoms with Gasteiger partial charge in [0.15, 0.2) is 6.29 Å². The van der Waals surface area contributed by atoms with E-state index in [1.165, 1.54) is 0 Å². The van der Waals surface area contributed by atoms with Crippen LogP contribution in [-0.2, 0) is 9.47 Å². The molecule has 3 nitrogen and oxygen atoms in total. The second kappa shape index (κ2) is 9.45. The molecule has 4 heteroatoms. The van der Waals surface area contributed by atoms with E-state index >= 15 is 0 Å². The summed E-state index contributed by atoms with van der Waals surface area (Å²) in [5.41, 5.74) is 0.831. The first-order chi connectivity index (χ1) is 8.27. The van der Waals surface area contributed by atoms with Gasteiger partial charge in [0, 0.05) is 10.0 Å². The van der Waals surface area contributed by atoms with Crippen molar-refractivity contribution in [1.82, 2.24) is 0 Å². The van der Waals surface area contributed by atoms with Gasteiger partial charge in [0.1, 0.15) is 5.75 Å². The van der Waals surface area contributed by atoms with Crippen LogP contribution in [0.25, 0.3) is 0 Å². The second-order valence-corrected chi connectivity index (χ2v) is 3.63. The van der Waals surface area contributed by atoms with Gasteiger partial charge in [-0.1, -0.05) is 43.6 Å². The third kappa shape index (κ3) is 5.06. The summed E-state index contributed by atoms with van der Waals surface area (Å²) in [6, 6.07) is 5.03. The van der Waals surface area contributed by atoms with E-state index in [1.54, 1.807) is 18.2 Å². The Bertz CT molecular complexity index is 310. The van der Waals surface area contributed by atoms with Crippen molar-refractivity contribution >= 4 is 15.9 Å². The van der Waals surface area contributed by atoms with Crippen LogP contribution >= 0.6 is 15.9 Å². The fourth-order valence-electron chi connectivity index (χ4n) is 1.25. The molecule has 1 aliphatic heterocycles. The van der Waals surface area contributed by atoms with Crippen molar-refractivity contribution in [3.63, 3.8) is 0 Å². The molecular weight excluding hydrogens is 284 g/mol. The van der Waals surface area contributed by atoms with E-state index in [-0.39, 0.29) is 12.0 Å². The average molecular weight is 305 g/mol. The Balaban J connectivity index is 0.000000581. The molecule has 1 N–H and O–H groups in total. The number of halogens is 1. The minimum absolute atomic E-state index is 0.220. The molecule has 1 aliphatic rings. The van der Waals surface area contributed by atoms with Gasteiger partial charge in [-0.25, -0.2) is 0 Å². The molecule has 98 valence electrons. The van der Waals surface area contributed by atoms with Gasteiger partial charge in [-0.2, -0.15) is 0 Å². The Hall–Kier alpha value is -0.580. The van der Waals surface area contributed by atoms with E-state index in [0.29, 0.717) is 13.2 Å². The smallest absolute Gasteiger partial charge is 0.185 e. The zero-order chi connectivity index (χ0) is 13.3. The molecule has 1 heterocycles. The molecule has 1 saturated heterocycles. The average Bonchev–Trinajstić information content (AvgIpc) is 2.91. The normalized spacial score (nSPS) is 14.4. The second-order valence-electron chi connectivity index (χ2n) is 2.78. The summed E-state index contributed by atoms with van der Waals surface area (Å²) in [4.78, 5) is 0. The van der Waals surface area contributed by atoms with Crippen molar-refractivity contribution in [1.29, 1.82) is 0 Å². The van der Waals surface area contributed by atoms with E-state index < -0.39 is 0 Å². The first-order valence-corrected chi connectivity index (χ1v) is 6.78. The third-order valence-electron chi connectivity index (χ3n) is 1.86.